The van der Waals surface area contributed by atoms with E-state index in [1.807, 2.05) is 0 Å². The molecule has 0 atom stereocenters. The minimum atomic E-state index is 0.0256. The molecule has 4 heteroatoms. The number of aromatic nitrogens is 1. The first kappa shape index (κ1) is 8.49. The van der Waals surface area contributed by atoms with Crippen LogP contribution in [0.1, 0.15) is 5.56 Å². The van der Waals surface area contributed by atoms with E-state index < -0.39 is 0 Å². The fourth-order valence-electron chi connectivity index (χ4n) is 0.738. The van der Waals surface area contributed by atoms with Gasteiger partial charge in [0.2, 0.25) is 0 Å². The Morgan fingerprint density at radius 3 is 3.00 bits per heavy atom. The first-order valence-corrected chi connectivity index (χ1v) is 4.00. The van der Waals surface area contributed by atoms with Gasteiger partial charge in [0, 0.05) is 17.7 Å². The molecule has 0 unspecified atom stereocenters. The first-order valence-electron chi connectivity index (χ1n) is 3.21. The third kappa shape index (κ3) is 1.91. The van der Waals surface area contributed by atoms with Gasteiger partial charge in [0.25, 0.3) is 0 Å². The molecule has 3 nitrogen and oxygen atoms in total. The summed E-state index contributed by atoms with van der Waals surface area (Å²) < 4.78 is 0.832. The van der Waals surface area contributed by atoms with Crippen molar-refractivity contribution in [1.29, 1.82) is 0 Å². The highest BCUT2D eigenvalue weighted by atomic mass is 79.9. The average Bonchev–Trinajstić information content (AvgIpc) is 2.05. The number of aliphatic hydroxyl groups is 1. The molecule has 0 aliphatic rings. The van der Waals surface area contributed by atoms with Gasteiger partial charge in [-0.3, -0.25) is 0 Å². The van der Waals surface area contributed by atoms with Crippen LogP contribution < -0.4 is 5.32 Å². The molecule has 0 aromatic carbocycles. The lowest BCUT2D eigenvalue weighted by Crippen LogP contribution is -1.94. The molecule has 0 spiro atoms. The highest BCUT2D eigenvalue weighted by Crippen LogP contribution is 2.17. The topological polar surface area (TPSA) is 45.1 Å². The Morgan fingerprint density at radius 2 is 2.45 bits per heavy atom. The Hall–Kier alpha value is -0.610. The van der Waals surface area contributed by atoms with Crippen LogP contribution in [0.5, 0.6) is 0 Å². The van der Waals surface area contributed by atoms with E-state index in [0.29, 0.717) is 0 Å². The number of halogens is 1. The number of nitrogens with zero attached hydrogens (tertiary/aromatic N) is 1. The average molecular weight is 217 g/mol. The number of pyridine rings is 1. The summed E-state index contributed by atoms with van der Waals surface area (Å²) in [5.41, 5.74) is 0.837. The molecule has 1 aromatic rings. The van der Waals surface area contributed by atoms with Gasteiger partial charge in [-0.2, -0.15) is 0 Å². The fourth-order valence-corrected chi connectivity index (χ4v) is 1.08. The maximum Gasteiger partial charge on any atom is 0.126 e. The highest BCUT2D eigenvalue weighted by Gasteiger charge is 1.99. The second kappa shape index (κ2) is 3.69. The van der Waals surface area contributed by atoms with Crippen LogP contribution in [0, 0.1) is 0 Å². The van der Waals surface area contributed by atoms with Crippen molar-refractivity contribution in [2.24, 2.45) is 0 Å². The first-order chi connectivity index (χ1) is 5.27. The number of hydrogen-bond acceptors (Lipinski definition) is 3. The van der Waals surface area contributed by atoms with Crippen molar-refractivity contribution in [3.63, 3.8) is 0 Å². The Labute approximate surface area is 73.6 Å². The molecule has 0 saturated carbocycles. The molecule has 0 bridgehead atoms. The van der Waals surface area contributed by atoms with Crippen molar-refractivity contribution in [3.05, 3.63) is 22.3 Å². The van der Waals surface area contributed by atoms with Crippen molar-refractivity contribution in [2.75, 3.05) is 12.4 Å². The largest absolute Gasteiger partial charge is 0.392 e. The van der Waals surface area contributed by atoms with Crippen molar-refractivity contribution < 1.29 is 5.11 Å². The van der Waals surface area contributed by atoms with Gasteiger partial charge in [-0.1, -0.05) is 0 Å². The lowest BCUT2D eigenvalue weighted by atomic mass is 10.3. The van der Waals surface area contributed by atoms with Gasteiger partial charge in [0.05, 0.1) is 6.61 Å². The Morgan fingerprint density at radius 1 is 1.73 bits per heavy atom. The quantitative estimate of drug-likeness (QED) is 0.786. The summed E-state index contributed by atoms with van der Waals surface area (Å²) in [7, 11) is 1.79. The minimum absolute atomic E-state index is 0.0256. The SMILES string of the molecule is CNc1cc(CO)c(Br)cn1. The number of nitrogens with one attached hydrogen (secondary N) is 1. The van der Waals surface area contributed by atoms with E-state index >= 15 is 0 Å². The standard InChI is InChI=1S/C7H9BrN2O/c1-9-7-2-5(4-11)6(8)3-10-7/h2-3,11H,4H2,1H3,(H,9,10). The van der Waals surface area contributed by atoms with Crippen LogP contribution >= 0.6 is 15.9 Å². The van der Waals surface area contributed by atoms with E-state index in [0.717, 1.165) is 15.9 Å². The lowest BCUT2D eigenvalue weighted by Gasteiger charge is -2.02. The molecule has 1 rings (SSSR count). The van der Waals surface area contributed by atoms with E-state index in [9.17, 15) is 0 Å². The van der Waals surface area contributed by atoms with Crippen molar-refractivity contribution >= 4 is 21.7 Å². The minimum Gasteiger partial charge on any atom is -0.392 e. The molecular weight excluding hydrogens is 208 g/mol. The van der Waals surface area contributed by atoms with Crippen LogP contribution in [0.4, 0.5) is 5.82 Å². The monoisotopic (exact) mass is 216 g/mol. The van der Waals surface area contributed by atoms with Gasteiger partial charge in [-0.15, -0.1) is 0 Å². The maximum absolute atomic E-state index is 8.85. The molecule has 11 heavy (non-hydrogen) atoms. The lowest BCUT2D eigenvalue weighted by molar-refractivity contribution is 0.281. The zero-order chi connectivity index (χ0) is 8.27. The number of anilines is 1. The number of rotatable bonds is 2. The predicted octanol–water partition coefficient (Wildman–Crippen LogP) is 1.38. The number of hydrogen-bond donors (Lipinski definition) is 2. The smallest absolute Gasteiger partial charge is 0.126 e. The Balaban J connectivity index is 3.02. The zero-order valence-electron chi connectivity index (χ0n) is 6.13. The van der Waals surface area contributed by atoms with Gasteiger partial charge in [0.15, 0.2) is 0 Å². The van der Waals surface area contributed by atoms with Crippen molar-refractivity contribution in [3.8, 4) is 0 Å². The van der Waals surface area contributed by atoms with Gasteiger partial charge >= 0.3 is 0 Å². The molecule has 0 amide bonds. The molecule has 1 heterocycles. The second-order valence-electron chi connectivity index (χ2n) is 2.07. The summed E-state index contributed by atoms with van der Waals surface area (Å²) >= 11 is 3.27. The zero-order valence-corrected chi connectivity index (χ0v) is 7.72. The molecule has 0 fully saturated rings. The van der Waals surface area contributed by atoms with Crippen LogP contribution in [0.3, 0.4) is 0 Å². The van der Waals surface area contributed by atoms with Crippen LogP contribution in [-0.4, -0.2) is 17.1 Å². The van der Waals surface area contributed by atoms with Gasteiger partial charge in [-0.05, 0) is 27.6 Å². The fraction of sp³-hybridized carbons (Fsp3) is 0.286. The molecule has 2 N–H and O–H groups in total. The van der Waals surface area contributed by atoms with Gasteiger partial charge < -0.3 is 10.4 Å². The second-order valence-corrected chi connectivity index (χ2v) is 2.92. The van der Waals surface area contributed by atoms with Crippen LogP contribution in [0.25, 0.3) is 0 Å². The summed E-state index contributed by atoms with van der Waals surface area (Å²) in [4.78, 5) is 4.04. The molecule has 0 aliphatic heterocycles. The summed E-state index contributed by atoms with van der Waals surface area (Å²) in [6, 6.07) is 1.80. The predicted molar refractivity (Wildman–Crippen MR) is 47.4 cm³/mol. The third-order valence-corrected chi connectivity index (χ3v) is 2.08. The van der Waals surface area contributed by atoms with Crippen molar-refractivity contribution in [2.45, 2.75) is 6.61 Å². The van der Waals surface area contributed by atoms with Crippen molar-refractivity contribution in [1.82, 2.24) is 4.98 Å². The van der Waals surface area contributed by atoms with E-state index in [1.165, 1.54) is 0 Å². The van der Waals surface area contributed by atoms with Crippen LogP contribution in [0.2, 0.25) is 0 Å². The Bertz CT molecular complexity index is 252. The highest BCUT2D eigenvalue weighted by molar-refractivity contribution is 9.10. The van der Waals surface area contributed by atoms with Gasteiger partial charge in [0.1, 0.15) is 5.82 Å². The van der Waals surface area contributed by atoms with E-state index in [4.69, 9.17) is 5.11 Å². The summed E-state index contributed by atoms with van der Waals surface area (Å²) in [6.07, 6.45) is 1.66. The summed E-state index contributed by atoms with van der Waals surface area (Å²) in [5.74, 6) is 0.761. The van der Waals surface area contributed by atoms with E-state index in [-0.39, 0.29) is 6.61 Å². The molecule has 60 valence electrons. The summed E-state index contributed by atoms with van der Waals surface area (Å²) in [5, 5.41) is 11.7. The Kier molecular flexibility index (Phi) is 2.84. The third-order valence-electron chi connectivity index (χ3n) is 1.36. The summed E-state index contributed by atoms with van der Waals surface area (Å²) in [6.45, 7) is 0.0256. The molecule has 0 aliphatic carbocycles. The van der Waals surface area contributed by atoms with Gasteiger partial charge in [-0.25, -0.2) is 4.98 Å². The maximum atomic E-state index is 8.85. The molecule has 0 radical (unpaired) electrons. The number of aliphatic hydroxyl groups excluding tert-OH is 1. The van der Waals surface area contributed by atoms with Crippen LogP contribution in [0.15, 0.2) is 16.7 Å². The van der Waals surface area contributed by atoms with E-state index in [2.05, 4.69) is 26.2 Å². The normalized spacial score (nSPS) is 9.73. The molecular formula is C7H9BrN2O. The molecule has 1 aromatic heterocycles. The van der Waals surface area contributed by atoms with E-state index in [1.54, 1.807) is 19.3 Å². The molecule has 0 saturated heterocycles. The van der Waals surface area contributed by atoms with Crippen LogP contribution in [-0.2, 0) is 6.61 Å².